The number of rotatable bonds is 45. The maximum Gasteiger partial charge on any atom is 0.306 e. The van der Waals surface area contributed by atoms with E-state index in [-0.39, 0.29) is 44.0 Å². The van der Waals surface area contributed by atoms with Gasteiger partial charge in [0, 0.05) is 19.3 Å². The first-order valence-electron chi connectivity index (χ1n) is 25.9. The molecular weight excluding hydrogens is 793 g/mol. The lowest BCUT2D eigenvalue weighted by Crippen LogP contribution is -2.30. The highest BCUT2D eigenvalue weighted by atomic mass is 16.6. The fourth-order valence-electron chi connectivity index (χ4n) is 6.73. The second kappa shape index (κ2) is 51.7. The van der Waals surface area contributed by atoms with Gasteiger partial charge in [0.1, 0.15) is 13.2 Å². The highest BCUT2D eigenvalue weighted by molar-refractivity contribution is 5.71. The van der Waals surface area contributed by atoms with Gasteiger partial charge >= 0.3 is 17.9 Å². The lowest BCUT2D eigenvalue weighted by molar-refractivity contribution is -0.166. The van der Waals surface area contributed by atoms with Gasteiger partial charge in [-0.15, -0.1) is 0 Å². The van der Waals surface area contributed by atoms with Crippen LogP contribution in [0.3, 0.4) is 0 Å². The highest BCUT2D eigenvalue weighted by Gasteiger charge is 2.19. The summed E-state index contributed by atoms with van der Waals surface area (Å²) in [5.74, 6) is -1.07. The number of carbonyl (C=O) groups excluding carboxylic acids is 3. The Morgan fingerprint density at radius 3 is 1.03 bits per heavy atom. The van der Waals surface area contributed by atoms with Crippen molar-refractivity contribution in [2.24, 2.45) is 0 Å². The normalized spacial score (nSPS) is 13.0. The van der Waals surface area contributed by atoms with Crippen LogP contribution in [0.1, 0.15) is 220 Å². The maximum absolute atomic E-state index is 12.8. The Morgan fingerprint density at radius 2 is 0.641 bits per heavy atom. The molecule has 0 heterocycles. The summed E-state index contributed by atoms with van der Waals surface area (Å²) >= 11 is 0. The van der Waals surface area contributed by atoms with Crippen LogP contribution >= 0.6 is 0 Å². The van der Waals surface area contributed by atoms with Crippen molar-refractivity contribution < 1.29 is 28.6 Å². The summed E-state index contributed by atoms with van der Waals surface area (Å²) in [5.41, 5.74) is 0. The van der Waals surface area contributed by atoms with Crippen LogP contribution in [0.15, 0.2) is 109 Å². The average Bonchev–Trinajstić information content (AvgIpc) is 3.29. The van der Waals surface area contributed by atoms with E-state index in [1.807, 2.05) is 12.2 Å². The third-order valence-corrected chi connectivity index (χ3v) is 10.5. The molecule has 0 aliphatic rings. The van der Waals surface area contributed by atoms with Crippen LogP contribution in [0.5, 0.6) is 0 Å². The van der Waals surface area contributed by atoms with Crippen molar-refractivity contribution in [3.05, 3.63) is 109 Å². The monoisotopic (exact) mass is 887 g/mol. The number of esters is 3. The minimum atomic E-state index is -0.828. The fraction of sp³-hybridized carbons (Fsp3) is 0.638. The first-order valence-corrected chi connectivity index (χ1v) is 25.9. The Bertz CT molecular complexity index is 1340. The van der Waals surface area contributed by atoms with Gasteiger partial charge < -0.3 is 14.2 Å². The predicted octanol–water partition coefficient (Wildman–Crippen LogP) is 17.1. The Labute approximate surface area is 393 Å². The molecule has 0 aromatic heterocycles. The minimum Gasteiger partial charge on any atom is -0.462 e. The van der Waals surface area contributed by atoms with E-state index in [2.05, 4.69) is 118 Å². The molecule has 0 fully saturated rings. The zero-order valence-electron chi connectivity index (χ0n) is 41.3. The molecule has 1 atom stereocenters. The van der Waals surface area contributed by atoms with Crippen molar-refractivity contribution in [1.29, 1.82) is 0 Å². The summed E-state index contributed by atoms with van der Waals surface area (Å²) in [4.78, 5) is 37.9. The zero-order chi connectivity index (χ0) is 46.5. The second-order valence-electron chi connectivity index (χ2n) is 16.7. The van der Waals surface area contributed by atoms with Crippen molar-refractivity contribution in [2.45, 2.75) is 226 Å². The van der Waals surface area contributed by atoms with E-state index in [1.54, 1.807) is 0 Å². The van der Waals surface area contributed by atoms with Gasteiger partial charge in [0.05, 0.1) is 0 Å². The first kappa shape index (κ1) is 60.1. The van der Waals surface area contributed by atoms with Crippen LogP contribution in [-0.2, 0) is 28.6 Å². The lowest BCUT2D eigenvalue weighted by Gasteiger charge is -2.18. The maximum atomic E-state index is 12.8. The number of hydrogen-bond acceptors (Lipinski definition) is 6. The van der Waals surface area contributed by atoms with Gasteiger partial charge in [-0.25, -0.2) is 0 Å². The van der Waals surface area contributed by atoms with Crippen LogP contribution < -0.4 is 0 Å². The van der Waals surface area contributed by atoms with Gasteiger partial charge in [0.25, 0.3) is 0 Å². The Morgan fingerprint density at radius 1 is 0.328 bits per heavy atom. The number of carbonyl (C=O) groups is 3. The molecule has 0 saturated heterocycles. The predicted molar refractivity (Wildman–Crippen MR) is 274 cm³/mol. The highest BCUT2D eigenvalue weighted by Crippen LogP contribution is 2.15. The van der Waals surface area contributed by atoms with Gasteiger partial charge in [-0.2, -0.15) is 0 Å². The SMILES string of the molecule is CC/C=C\C/C=C\C/C=C\C/C=C\C/C=C\C/C=C\CCC(=O)OCC(COC(=O)CCC/C=C\C/C=C\C/C=C\CC)OC(=O)CCCCCCCCCCCCCCCCCC. The van der Waals surface area contributed by atoms with E-state index in [0.29, 0.717) is 19.3 Å². The Hall–Kier alpha value is -3.93. The molecule has 1 unspecified atom stereocenters. The van der Waals surface area contributed by atoms with E-state index in [9.17, 15) is 14.4 Å². The number of ether oxygens (including phenoxy) is 3. The molecule has 6 heteroatoms. The first-order chi connectivity index (χ1) is 31.5. The van der Waals surface area contributed by atoms with E-state index >= 15 is 0 Å². The standard InChI is InChI=1S/C58H94O6/c1-4-7-10-13-16-19-22-24-26-28-29-30-32-33-36-39-42-45-48-51-57(60)63-54-55(53-62-56(59)50-47-44-41-38-35-21-18-15-12-9-6-3)64-58(61)52-49-46-43-40-37-34-31-27-25-23-20-17-14-11-8-5-2/h7,9-10,12,16,18-19,21,24,26,29-30,33,36,38,41-42,45,55H,4-6,8,11,13-15,17,20,22-23,25,27-28,31-32,34-35,37,39-40,43-44,46-54H2,1-3H3/b10-7-,12-9-,19-16-,21-18-,26-24-,30-29-,36-33-,41-38-,45-42-. The third-order valence-electron chi connectivity index (χ3n) is 10.5. The van der Waals surface area contributed by atoms with Gasteiger partial charge in [0.2, 0.25) is 0 Å². The molecule has 362 valence electrons. The van der Waals surface area contributed by atoms with Crippen LogP contribution in [-0.4, -0.2) is 37.2 Å². The molecule has 0 aliphatic heterocycles. The number of unbranched alkanes of at least 4 members (excludes halogenated alkanes) is 16. The summed E-state index contributed by atoms with van der Waals surface area (Å²) in [6.45, 7) is 6.29. The molecule has 0 N–H and O–H groups in total. The average molecular weight is 887 g/mol. The van der Waals surface area contributed by atoms with E-state index < -0.39 is 6.10 Å². The van der Waals surface area contributed by atoms with Gasteiger partial charge in [0.15, 0.2) is 6.10 Å². The summed E-state index contributed by atoms with van der Waals surface area (Å²) in [6.07, 6.45) is 69.6. The Kier molecular flexibility index (Phi) is 48.5. The molecule has 0 rings (SSSR count). The van der Waals surface area contributed by atoms with E-state index in [1.165, 1.54) is 83.5 Å². The molecule has 6 nitrogen and oxygen atoms in total. The molecule has 0 spiro atoms. The van der Waals surface area contributed by atoms with Crippen molar-refractivity contribution in [2.75, 3.05) is 13.2 Å². The lowest BCUT2D eigenvalue weighted by atomic mass is 10.0. The molecule has 0 amide bonds. The smallest absolute Gasteiger partial charge is 0.306 e. The summed E-state index contributed by atoms with van der Waals surface area (Å²) in [7, 11) is 0. The van der Waals surface area contributed by atoms with Gasteiger partial charge in [-0.05, 0) is 83.5 Å². The molecule has 0 aliphatic carbocycles. The topological polar surface area (TPSA) is 78.9 Å². The van der Waals surface area contributed by atoms with Crippen molar-refractivity contribution in [1.82, 2.24) is 0 Å². The number of hydrogen-bond donors (Lipinski definition) is 0. The molecule has 0 bridgehead atoms. The third kappa shape index (κ3) is 49.1. The number of allylic oxidation sites excluding steroid dienone is 18. The molecule has 0 aromatic rings. The van der Waals surface area contributed by atoms with Crippen LogP contribution in [0.2, 0.25) is 0 Å². The largest absolute Gasteiger partial charge is 0.462 e. The van der Waals surface area contributed by atoms with Crippen LogP contribution in [0, 0.1) is 0 Å². The van der Waals surface area contributed by atoms with Crippen LogP contribution in [0.25, 0.3) is 0 Å². The zero-order valence-corrected chi connectivity index (χ0v) is 41.3. The summed E-state index contributed by atoms with van der Waals surface area (Å²) in [5, 5.41) is 0. The quantitative estimate of drug-likeness (QED) is 0.0262. The minimum absolute atomic E-state index is 0.128. The van der Waals surface area contributed by atoms with Gasteiger partial charge in [-0.3, -0.25) is 14.4 Å². The Balaban J connectivity index is 4.52. The molecule has 0 aromatic carbocycles. The van der Waals surface area contributed by atoms with Gasteiger partial charge in [-0.1, -0.05) is 226 Å². The molecule has 0 saturated carbocycles. The van der Waals surface area contributed by atoms with Crippen molar-refractivity contribution in [3.63, 3.8) is 0 Å². The van der Waals surface area contributed by atoms with Crippen LogP contribution in [0.4, 0.5) is 0 Å². The van der Waals surface area contributed by atoms with E-state index in [4.69, 9.17) is 14.2 Å². The molecule has 0 radical (unpaired) electrons. The van der Waals surface area contributed by atoms with E-state index in [0.717, 1.165) is 83.5 Å². The molecule has 64 heavy (non-hydrogen) atoms. The summed E-state index contributed by atoms with van der Waals surface area (Å²) < 4.78 is 16.7. The molecular formula is C58H94O6. The van der Waals surface area contributed by atoms with Crippen molar-refractivity contribution in [3.8, 4) is 0 Å². The van der Waals surface area contributed by atoms with Crippen molar-refractivity contribution >= 4 is 17.9 Å². The fourth-order valence-corrected chi connectivity index (χ4v) is 6.73. The second-order valence-corrected chi connectivity index (χ2v) is 16.7. The summed E-state index contributed by atoms with van der Waals surface area (Å²) in [6, 6.07) is 0.